The molecule has 0 unspecified atom stereocenters. The predicted molar refractivity (Wildman–Crippen MR) is 76.8 cm³/mol. The molecule has 0 radical (unpaired) electrons. The SMILES string of the molecule is CC(C)c1ccc(N(C)C(=O)C(C)(C)CN)cc1. The van der Waals surface area contributed by atoms with Crippen LogP contribution < -0.4 is 10.6 Å². The number of hydrogen-bond donors (Lipinski definition) is 1. The number of nitrogens with two attached hydrogens (primary N) is 1. The zero-order valence-corrected chi connectivity index (χ0v) is 12.0. The monoisotopic (exact) mass is 248 g/mol. The zero-order valence-electron chi connectivity index (χ0n) is 12.0. The van der Waals surface area contributed by atoms with Crippen molar-refractivity contribution in [1.29, 1.82) is 0 Å². The van der Waals surface area contributed by atoms with E-state index in [1.807, 2.05) is 26.0 Å². The molecule has 0 spiro atoms. The number of benzene rings is 1. The van der Waals surface area contributed by atoms with E-state index < -0.39 is 5.41 Å². The van der Waals surface area contributed by atoms with Crippen molar-refractivity contribution in [2.24, 2.45) is 11.1 Å². The van der Waals surface area contributed by atoms with E-state index in [0.717, 1.165) is 5.69 Å². The number of nitrogens with zero attached hydrogens (tertiary/aromatic N) is 1. The van der Waals surface area contributed by atoms with Crippen molar-refractivity contribution in [2.75, 3.05) is 18.5 Å². The van der Waals surface area contributed by atoms with Crippen LogP contribution in [0.3, 0.4) is 0 Å². The molecular weight excluding hydrogens is 224 g/mol. The van der Waals surface area contributed by atoms with Gasteiger partial charge in [0.15, 0.2) is 0 Å². The van der Waals surface area contributed by atoms with E-state index >= 15 is 0 Å². The van der Waals surface area contributed by atoms with Crippen LogP contribution in [0.4, 0.5) is 5.69 Å². The fraction of sp³-hybridized carbons (Fsp3) is 0.533. The fourth-order valence-electron chi connectivity index (χ4n) is 1.74. The van der Waals surface area contributed by atoms with Crippen molar-refractivity contribution >= 4 is 11.6 Å². The fourth-order valence-corrected chi connectivity index (χ4v) is 1.74. The standard InChI is InChI=1S/C15H24N2O/c1-11(2)12-6-8-13(9-7-12)17(5)14(18)15(3,4)10-16/h6-9,11H,10,16H2,1-5H3. The van der Waals surface area contributed by atoms with Crippen LogP contribution in [0.15, 0.2) is 24.3 Å². The van der Waals surface area contributed by atoms with Gasteiger partial charge in [0.25, 0.3) is 0 Å². The summed E-state index contributed by atoms with van der Waals surface area (Å²) in [5.74, 6) is 0.544. The molecule has 2 N–H and O–H groups in total. The highest BCUT2D eigenvalue weighted by molar-refractivity contribution is 5.96. The maximum atomic E-state index is 12.3. The molecule has 0 saturated carbocycles. The van der Waals surface area contributed by atoms with Gasteiger partial charge in [-0.25, -0.2) is 0 Å². The van der Waals surface area contributed by atoms with Crippen molar-refractivity contribution in [2.45, 2.75) is 33.6 Å². The van der Waals surface area contributed by atoms with Gasteiger partial charge in [0.2, 0.25) is 5.91 Å². The zero-order chi connectivity index (χ0) is 13.9. The first-order valence-electron chi connectivity index (χ1n) is 6.38. The third-order valence-electron chi connectivity index (χ3n) is 3.34. The lowest BCUT2D eigenvalue weighted by Crippen LogP contribution is -2.42. The summed E-state index contributed by atoms with van der Waals surface area (Å²) in [6.07, 6.45) is 0. The lowest BCUT2D eigenvalue weighted by Gasteiger charge is -2.28. The molecule has 1 aromatic rings. The molecule has 0 aliphatic rings. The number of anilines is 1. The molecule has 0 bridgehead atoms. The van der Waals surface area contributed by atoms with Gasteiger partial charge in [-0.2, -0.15) is 0 Å². The maximum absolute atomic E-state index is 12.3. The Morgan fingerprint density at radius 3 is 2.17 bits per heavy atom. The van der Waals surface area contributed by atoms with Crippen LogP contribution in [0.25, 0.3) is 0 Å². The molecule has 0 atom stereocenters. The first-order valence-corrected chi connectivity index (χ1v) is 6.38. The first kappa shape index (κ1) is 14.7. The highest BCUT2D eigenvalue weighted by Gasteiger charge is 2.29. The second-order valence-electron chi connectivity index (χ2n) is 5.70. The Bertz CT molecular complexity index is 407. The molecule has 3 nitrogen and oxygen atoms in total. The average molecular weight is 248 g/mol. The van der Waals surface area contributed by atoms with Crippen molar-refractivity contribution in [3.8, 4) is 0 Å². The molecule has 0 aromatic heterocycles. The molecule has 0 aliphatic carbocycles. The van der Waals surface area contributed by atoms with Gasteiger partial charge in [-0.3, -0.25) is 4.79 Å². The largest absolute Gasteiger partial charge is 0.329 e. The number of carbonyl (C=O) groups is 1. The molecular formula is C15H24N2O. The number of rotatable bonds is 4. The highest BCUT2D eigenvalue weighted by atomic mass is 16.2. The van der Waals surface area contributed by atoms with E-state index in [0.29, 0.717) is 12.5 Å². The van der Waals surface area contributed by atoms with Gasteiger partial charge in [-0.15, -0.1) is 0 Å². The summed E-state index contributed by atoms with van der Waals surface area (Å²) in [6.45, 7) is 8.39. The first-order chi connectivity index (χ1) is 8.29. The Balaban J connectivity index is 2.91. The van der Waals surface area contributed by atoms with Gasteiger partial charge in [-0.1, -0.05) is 26.0 Å². The molecule has 0 heterocycles. The van der Waals surface area contributed by atoms with Crippen LogP contribution in [0.2, 0.25) is 0 Å². The Kier molecular flexibility index (Phi) is 4.52. The van der Waals surface area contributed by atoms with Gasteiger partial charge in [0.1, 0.15) is 0 Å². The van der Waals surface area contributed by atoms with Crippen LogP contribution in [0.1, 0.15) is 39.2 Å². The van der Waals surface area contributed by atoms with Crippen LogP contribution in [0.5, 0.6) is 0 Å². The van der Waals surface area contributed by atoms with E-state index in [9.17, 15) is 4.79 Å². The summed E-state index contributed by atoms with van der Waals surface area (Å²) >= 11 is 0. The second kappa shape index (κ2) is 5.53. The van der Waals surface area contributed by atoms with Crippen LogP contribution in [-0.4, -0.2) is 19.5 Å². The summed E-state index contributed by atoms with van der Waals surface area (Å²) in [7, 11) is 1.80. The lowest BCUT2D eigenvalue weighted by atomic mass is 9.91. The number of amides is 1. The second-order valence-corrected chi connectivity index (χ2v) is 5.70. The third-order valence-corrected chi connectivity index (χ3v) is 3.34. The van der Waals surface area contributed by atoms with Crippen LogP contribution in [-0.2, 0) is 4.79 Å². The molecule has 18 heavy (non-hydrogen) atoms. The van der Waals surface area contributed by atoms with Gasteiger partial charge < -0.3 is 10.6 Å². The minimum atomic E-state index is -0.522. The number of hydrogen-bond acceptors (Lipinski definition) is 2. The minimum absolute atomic E-state index is 0.0438. The Morgan fingerprint density at radius 2 is 1.78 bits per heavy atom. The summed E-state index contributed by atoms with van der Waals surface area (Å²) in [5, 5.41) is 0. The molecule has 100 valence electrons. The summed E-state index contributed by atoms with van der Waals surface area (Å²) in [6, 6.07) is 8.11. The highest BCUT2D eigenvalue weighted by Crippen LogP contribution is 2.23. The lowest BCUT2D eigenvalue weighted by molar-refractivity contribution is -0.125. The minimum Gasteiger partial charge on any atom is -0.329 e. The van der Waals surface area contributed by atoms with Crippen molar-refractivity contribution in [3.63, 3.8) is 0 Å². The Labute approximate surface area is 110 Å². The average Bonchev–Trinajstić information content (AvgIpc) is 2.37. The van der Waals surface area contributed by atoms with E-state index in [-0.39, 0.29) is 5.91 Å². The van der Waals surface area contributed by atoms with Crippen LogP contribution >= 0.6 is 0 Å². The van der Waals surface area contributed by atoms with Crippen molar-refractivity contribution in [1.82, 2.24) is 0 Å². The topological polar surface area (TPSA) is 46.3 Å². The van der Waals surface area contributed by atoms with Crippen molar-refractivity contribution in [3.05, 3.63) is 29.8 Å². The van der Waals surface area contributed by atoms with Crippen molar-refractivity contribution < 1.29 is 4.79 Å². The van der Waals surface area contributed by atoms with Crippen LogP contribution in [0, 0.1) is 5.41 Å². The predicted octanol–water partition coefficient (Wildman–Crippen LogP) is 2.76. The summed E-state index contributed by atoms with van der Waals surface area (Å²) in [5.41, 5.74) is 7.30. The summed E-state index contributed by atoms with van der Waals surface area (Å²) < 4.78 is 0. The molecule has 0 aliphatic heterocycles. The quantitative estimate of drug-likeness (QED) is 0.890. The van der Waals surface area contributed by atoms with Gasteiger partial charge in [0, 0.05) is 19.3 Å². The van der Waals surface area contributed by atoms with E-state index in [2.05, 4.69) is 26.0 Å². The van der Waals surface area contributed by atoms with E-state index in [1.54, 1.807) is 11.9 Å². The van der Waals surface area contributed by atoms with E-state index in [1.165, 1.54) is 5.56 Å². The Morgan fingerprint density at radius 1 is 1.28 bits per heavy atom. The third kappa shape index (κ3) is 3.10. The van der Waals surface area contributed by atoms with Gasteiger partial charge in [0.05, 0.1) is 5.41 Å². The Hall–Kier alpha value is -1.35. The van der Waals surface area contributed by atoms with E-state index in [4.69, 9.17) is 5.73 Å². The van der Waals surface area contributed by atoms with Gasteiger partial charge >= 0.3 is 0 Å². The smallest absolute Gasteiger partial charge is 0.233 e. The molecule has 0 fully saturated rings. The molecule has 1 amide bonds. The molecule has 1 aromatic carbocycles. The molecule has 0 saturated heterocycles. The van der Waals surface area contributed by atoms with Gasteiger partial charge in [-0.05, 0) is 37.5 Å². The molecule has 3 heteroatoms. The molecule has 1 rings (SSSR count). The normalized spacial score (nSPS) is 11.7. The maximum Gasteiger partial charge on any atom is 0.233 e. The summed E-state index contributed by atoms with van der Waals surface area (Å²) in [4.78, 5) is 13.9. The number of carbonyl (C=O) groups excluding carboxylic acids is 1.